The molecule has 146 valence electrons. The molecule has 0 atom stereocenters. The van der Waals surface area contributed by atoms with Crippen molar-refractivity contribution in [3.8, 4) is 0 Å². The van der Waals surface area contributed by atoms with Crippen molar-refractivity contribution in [1.29, 1.82) is 0 Å². The van der Waals surface area contributed by atoms with Crippen LogP contribution in [0.3, 0.4) is 0 Å². The fourth-order valence-electron chi connectivity index (χ4n) is 2.73. The third-order valence-corrected chi connectivity index (χ3v) is 6.13. The Kier molecular flexibility index (Phi) is 4.96. The number of aromatic nitrogens is 2. The monoisotopic (exact) mass is 420 g/mol. The number of nitrogens with zero attached hydrogens (tertiary/aromatic N) is 1. The van der Waals surface area contributed by atoms with E-state index in [2.05, 4.69) is 20.2 Å². The number of rotatable bonds is 7. The number of amides is 1. The Morgan fingerprint density at radius 3 is 2.82 bits per heavy atom. The van der Waals surface area contributed by atoms with Gasteiger partial charge in [-0.05, 0) is 43.2 Å². The predicted molar refractivity (Wildman–Crippen MR) is 103 cm³/mol. The molecule has 0 spiro atoms. The first-order valence-electron chi connectivity index (χ1n) is 8.61. The van der Waals surface area contributed by atoms with Crippen molar-refractivity contribution in [2.75, 3.05) is 5.32 Å². The van der Waals surface area contributed by atoms with E-state index >= 15 is 0 Å². The van der Waals surface area contributed by atoms with E-state index < -0.39 is 15.9 Å². The summed E-state index contributed by atoms with van der Waals surface area (Å²) in [6.45, 7) is 0.0265. The average molecular weight is 421 g/mol. The van der Waals surface area contributed by atoms with E-state index in [0.29, 0.717) is 22.4 Å². The molecule has 10 heteroatoms. The zero-order valence-corrected chi connectivity index (χ0v) is 16.2. The molecule has 1 fully saturated rings. The molecule has 0 bridgehead atoms. The SMILES string of the molecule is O=C(Nc1cccc(S(=O)(=O)NCc2ccco2)c1)c1n[nH]c(C2CC2)c1Cl. The van der Waals surface area contributed by atoms with Crippen molar-refractivity contribution >= 4 is 33.2 Å². The maximum absolute atomic E-state index is 12.5. The van der Waals surface area contributed by atoms with Gasteiger partial charge in [-0.15, -0.1) is 0 Å². The molecule has 1 aromatic carbocycles. The lowest BCUT2D eigenvalue weighted by molar-refractivity contribution is 0.102. The van der Waals surface area contributed by atoms with Crippen molar-refractivity contribution in [1.82, 2.24) is 14.9 Å². The van der Waals surface area contributed by atoms with E-state index in [1.165, 1.54) is 18.4 Å². The van der Waals surface area contributed by atoms with Crippen LogP contribution in [-0.2, 0) is 16.6 Å². The topological polar surface area (TPSA) is 117 Å². The van der Waals surface area contributed by atoms with Crippen molar-refractivity contribution in [3.63, 3.8) is 0 Å². The molecule has 8 nitrogen and oxygen atoms in total. The van der Waals surface area contributed by atoms with Crippen LogP contribution >= 0.6 is 11.6 Å². The molecule has 28 heavy (non-hydrogen) atoms. The first-order valence-corrected chi connectivity index (χ1v) is 10.5. The minimum absolute atomic E-state index is 0.0173. The van der Waals surface area contributed by atoms with Gasteiger partial charge in [-0.3, -0.25) is 9.89 Å². The number of H-pyrrole nitrogens is 1. The number of nitrogens with one attached hydrogen (secondary N) is 3. The second-order valence-corrected chi connectivity index (χ2v) is 8.60. The molecule has 0 unspecified atom stereocenters. The highest BCUT2D eigenvalue weighted by Gasteiger charge is 2.30. The van der Waals surface area contributed by atoms with Crippen LogP contribution in [0.25, 0.3) is 0 Å². The smallest absolute Gasteiger partial charge is 0.277 e. The Labute approximate surface area is 166 Å². The highest BCUT2D eigenvalue weighted by Crippen LogP contribution is 2.42. The summed E-state index contributed by atoms with van der Waals surface area (Å²) in [7, 11) is -3.78. The Bertz CT molecular complexity index is 1100. The molecule has 1 aliphatic carbocycles. The number of benzene rings is 1. The molecular formula is C18H17ClN4O4S. The lowest BCUT2D eigenvalue weighted by Gasteiger charge is -2.08. The molecule has 1 saturated carbocycles. The third-order valence-electron chi connectivity index (χ3n) is 4.35. The second kappa shape index (κ2) is 7.42. The Hall–Kier alpha value is -2.62. The summed E-state index contributed by atoms with van der Waals surface area (Å²) in [5, 5.41) is 9.75. The zero-order valence-electron chi connectivity index (χ0n) is 14.6. The second-order valence-electron chi connectivity index (χ2n) is 6.46. The molecule has 2 heterocycles. The normalized spacial score (nSPS) is 14.2. The first kappa shape index (κ1) is 18.7. The van der Waals surface area contributed by atoms with Crippen molar-refractivity contribution in [3.05, 3.63) is 64.8 Å². The minimum Gasteiger partial charge on any atom is -0.468 e. The Morgan fingerprint density at radius 2 is 2.11 bits per heavy atom. The number of furan rings is 1. The maximum atomic E-state index is 12.5. The summed E-state index contributed by atoms with van der Waals surface area (Å²) < 4.78 is 32.5. The summed E-state index contributed by atoms with van der Waals surface area (Å²) in [5.74, 6) is 0.314. The lowest BCUT2D eigenvalue weighted by Crippen LogP contribution is -2.23. The van der Waals surface area contributed by atoms with Gasteiger partial charge in [-0.1, -0.05) is 17.7 Å². The molecule has 4 rings (SSSR count). The lowest BCUT2D eigenvalue weighted by atomic mass is 10.2. The number of hydrogen-bond acceptors (Lipinski definition) is 5. The van der Waals surface area contributed by atoms with Crippen molar-refractivity contribution in [2.24, 2.45) is 0 Å². The van der Waals surface area contributed by atoms with Crippen LogP contribution in [0.4, 0.5) is 5.69 Å². The third kappa shape index (κ3) is 3.96. The molecule has 0 radical (unpaired) electrons. The van der Waals surface area contributed by atoms with Crippen LogP contribution < -0.4 is 10.0 Å². The van der Waals surface area contributed by atoms with Gasteiger partial charge in [0.05, 0.1) is 28.4 Å². The molecular weight excluding hydrogens is 404 g/mol. The number of halogens is 1. The van der Waals surface area contributed by atoms with E-state index in [9.17, 15) is 13.2 Å². The van der Waals surface area contributed by atoms with Gasteiger partial charge in [0.1, 0.15) is 5.76 Å². The van der Waals surface area contributed by atoms with Crippen LogP contribution in [0.1, 0.15) is 40.7 Å². The summed E-state index contributed by atoms with van der Waals surface area (Å²) in [5.41, 5.74) is 1.18. The number of sulfonamides is 1. The standard InChI is InChI=1S/C18H17ClN4O4S/c19-15-16(11-6-7-11)22-23-17(15)18(24)21-12-3-1-5-14(9-12)28(25,26)20-10-13-4-2-8-27-13/h1-5,8-9,11,20H,6-7,10H2,(H,21,24)(H,22,23). The van der Waals surface area contributed by atoms with Crippen molar-refractivity contribution < 1.29 is 17.6 Å². The molecule has 0 aliphatic heterocycles. The van der Waals surface area contributed by atoms with Gasteiger partial charge in [0, 0.05) is 11.6 Å². The highest BCUT2D eigenvalue weighted by atomic mass is 35.5. The van der Waals surface area contributed by atoms with Crippen LogP contribution in [0, 0.1) is 0 Å². The van der Waals surface area contributed by atoms with Crippen LogP contribution in [-0.4, -0.2) is 24.5 Å². The van der Waals surface area contributed by atoms with Gasteiger partial charge in [0.2, 0.25) is 10.0 Å². The summed E-state index contributed by atoms with van der Waals surface area (Å²) in [4.78, 5) is 12.5. The zero-order chi connectivity index (χ0) is 19.7. The van der Waals surface area contributed by atoms with Crippen LogP contribution in [0.15, 0.2) is 52.0 Å². The number of anilines is 1. The van der Waals surface area contributed by atoms with Crippen LogP contribution in [0.5, 0.6) is 0 Å². The number of hydrogen-bond donors (Lipinski definition) is 3. The summed E-state index contributed by atoms with van der Waals surface area (Å²) in [6.07, 6.45) is 3.51. The Morgan fingerprint density at radius 1 is 1.29 bits per heavy atom. The molecule has 2 aromatic heterocycles. The van der Waals surface area contributed by atoms with E-state index in [4.69, 9.17) is 16.0 Å². The number of carbonyl (C=O) groups is 1. The predicted octanol–water partition coefficient (Wildman–Crippen LogP) is 3.26. The maximum Gasteiger partial charge on any atom is 0.277 e. The average Bonchev–Trinajstić information content (AvgIpc) is 3.23. The van der Waals surface area contributed by atoms with Gasteiger partial charge in [-0.25, -0.2) is 13.1 Å². The van der Waals surface area contributed by atoms with E-state index in [-0.39, 0.29) is 17.1 Å². The fraction of sp³-hybridized carbons (Fsp3) is 0.222. The molecule has 0 saturated heterocycles. The highest BCUT2D eigenvalue weighted by molar-refractivity contribution is 7.89. The van der Waals surface area contributed by atoms with E-state index in [0.717, 1.165) is 18.5 Å². The van der Waals surface area contributed by atoms with Gasteiger partial charge in [0.25, 0.3) is 5.91 Å². The fourth-order valence-corrected chi connectivity index (χ4v) is 4.09. The first-order chi connectivity index (χ1) is 13.4. The van der Waals surface area contributed by atoms with E-state index in [1.54, 1.807) is 24.3 Å². The van der Waals surface area contributed by atoms with E-state index in [1.807, 2.05) is 0 Å². The van der Waals surface area contributed by atoms with Crippen LogP contribution in [0.2, 0.25) is 5.02 Å². The van der Waals surface area contributed by atoms with Gasteiger partial charge >= 0.3 is 0 Å². The quantitative estimate of drug-likeness (QED) is 0.542. The molecule has 1 amide bonds. The minimum atomic E-state index is -3.78. The van der Waals surface area contributed by atoms with Gasteiger partial charge in [-0.2, -0.15) is 5.10 Å². The Balaban J connectivity index is 1.48. The summed E-state index contributed by atoms with van der Waals surface area (Å²) in [6, 6.07) is 9.28. The molecule has 1 aliphatic rings. The van der Waals surface area contributed by atoms with Gasteiger partial charge in [0.15, 0.2) is 5.69 Å². The number of carbonyl (C=O) groups excluding carboxylic acids is 1. The summed E-state index contributed by atoms with van der Waals surface area (Å²) >= 11 is 6.25. The molecule has 3 aromatic rings. The molecule has 3 N–H and O–H groups in total. The van der Waals surface area contributed by atoms with Crippen molar-refractivity contribution in [2.45, 2.75) is 30.2 Å². The van der Waals surface area contributed by atoms with Gasteiger partial charge < -0.3 is 9.73 Å². The largest absolute Gasteiger partial charge is 0.468 e. The number of aromatic amines is 1.